The van der Waals surface area contributed by atoms with Gasteiger partial charge >= 0.3 is 0 Å². The van der Waals surface area contributed by atoms with Crippen LogP contribution in [0, 0.1) is 5.92 Å². The molecular weight excluding hydrogens is 394 g/mol. The third-order valence-corrected chi connectivity index (χ3v) is 6.04. The van der Waals surface area contributed by atoms with Gasteiger partial charge in [0.05, 0.1) is 25.3 Å². The number of carbonyl (C=O) groups excluding carboxylic acids is 1. The molecule has 2 aromatic carbocycles. The second kappa shape index (κ2) is 8.71. The largest absolute Gasteiger partial charge is 0.497 e. The van der Waals surface area contributed by atoms with Crippen molar-refractivity contribution >= 4 is 22.2 Å². The molecule has 0 aliphatic carbocycles. The van der Waals surface area contributed by atoms with Crippen LogP contribution >= 0.6 is 11.3 Å². The number of fused-ring (bicyclic) bond motifs is 1. The van der Waals surface area contributed by atoms with E-state index in [9.17, 15) is 4.79 Å². The molecule has 1 atom stereocenters. The quantitative estimate of drug-likeness (QED) is 0.452. The zero-order chi connectivity index (χ0) is 21.1. The number of ether oxygens (including phenoxy) is 1. The van der Waals surface area contributed by atoms with Crippen molar-refractivity contribution in [3.8, 4) is 17.0 Å². The number of methoxy groups -OCH3 is 1. The summed E-state index contributed by atoms with van der Waals surface area (Å²) in [6.45, 7) is 4.22. The molecular formula is C24H25N3O2S. The van der Waals surface area contributed by atoms with Gasteiger partial charge in [-0.15, -0.1) is 11.3 Å². The number of rotatable bonds is 7. The van der Waals surface area contributed by atoms with Gasteiger partial charge in [0.25, 0.3) is 0 Å². The number of nitrogens with zero attached hydrogens (tertiary/aromatic N) is 2. The predicted octanol–water partition coefficient (Wildman–Crippen LogP) is 5.13. The zero-order valence-corrected chi connectivity index (χ0v) is 18.1. The van der Waals surface area contributed by atoms with Crippen LogP contribution in [0.4, 0.5) is 0 Å². The monoisotopic (exact) mass is 419 g/mol. The van der Waals surface area contributed by atoms with Crippen LogP contribution in [0.2, 0.25) is 0 Å². The SMILES string of the molecule is COc1ccc(C(NC(=O)Cc2csc3nc(-c4ccccc4)cn23)C(C)C)cc1. The summed E-state index contributed by atoms with van der Waals surface area (Å²) >= 11 is 1.56. The molecule has 0 fully saturated rings. The van der Waals surface area contributed by atoms with Crippen LogP contribution in [0.1, 0.15) is 31.1 Å². The Morgan fingerprint density at radius 1 is 1.13 bits per heavy atom. The van der Waals surface area contributed by atoms with E-state index in [1.807, 2.05) is 70.6 Å². The van der Waals surface area contributed by atoms with Gasteiger partial charge in [0.1, 0.15) is 5.75 Å². The lowest BCUT2D eigenvalue weighted by molar-refractivity contribution is -0.121. The molecule has 0 bridgehead atoms. The summed E-state index contributed by atoms with van der Waals surface area (Å²) in [6.07, 6.45) is 2.32. The van der Waals surface area contributed by atoms with E-state index in [2.05, 4.69) is 19.2 Å². The number of amides is 1. The van der Waals surface area contributed by atoms with Gasteiger partial charge in [0.15, 0.2) is 4.96 Å². The average Bonchev–Trinajstić information content (AvgIpc) is 3.35. The Balaban J connectivity index is 1.51. The first-order chi connectivity index (χ1) is 14.5. The molecule has 5 nitrogen and oxygen atoms in total. The van der Waals surface area contributed by atoms with Crippen molar-refractivity contribution in [3.05, 3.63) is 77.4 Å². The maximum Gasteiger partial charge on any atom is 0.226 e. The lowest BCUT2D eigenvalue weighted by atomic mass is 9.95. The van der Waals surface area contributed by atoms with E-state index >= 15 is 0 Å². The number of aromatic nitrogens is 2. The van der Waals surface area contributed by atoms with E-state index in [0.29, 0.717) is 6.42 Å². The fraction of sp³-hybridized carbons (Fsp3) is 0.250. The van der Waals surface area contributed by atoms with Crippen molar-refractivity contribution in [2.45, 2.75) is 26.3 Å². The van der Waals surface area contributed by atoms with Crippen LogP contribution in [0.25, 0.3) is 16.2 Å². The maximum atomic E-state index is 12.9. The smallest absolute Gasteiger partial charge is 0.226 e. The highest BCUT2D eigenvalue weighted by atomic mass is 32.1. The van der Waals surface area contributed by atoms with Crippen LogP contribution in [-0.4, -0.2) is 22.4 Å². The Morgan fingerprint density at radius 2 is 1.87 bits per heavy atom. The third-order valence-electron chi connectivity index (χ3n) is 5.15. The molecule has 2 aromatic heterocycles. The van der Waals surface area contributed by atoms with E-state index in [4.69, 9.17) is 9.72 Å². The molecule has 30 heavy (non-hydrogen) atoms. The molecule has 0 saturated heterocycles. The van der Waals surface area contributed by atoms with E-state index < -0.39 is 0 Å². The first-order valence-electron chi connectivity index (χ1n) is 9.99. The van der Waals surface area contributed by atoms with Crippen LogP contribution in [-0.2, 0) is 11.2 Å². The normalized spacial score (nSPS) is 12.3. The van der Waals surface area contributed by atoms with Crippen molar-refractivity contribution in [2.75, 3.05) is 7.11 Å². The van der Waals surface area contributed by atoms with Gasteiger partial charge in [0, 0.05) is 22.8 Å². The Kier molecular flexibility index (Phi) is 5.86. The van der Waals surface area contributed by atoms with E-state index in [1.54, 1.807) is 18.4 Å². The molecule has 0 aliphatic heterocycles. The summed E-state index contributed by atoms with van der Waals surface area (Å²) < 4.78 is 7.26. The van der Waals surface area contributed by atoms with Crippen LogP contribution in [0.3, 0.4) is 0 Å². The van der Waals surface area contributed by atoms with Gasteiger partial charge in [-0.3, -0.25) is 9.20 Å². The lowest BCUT2D eigenvalue weighted by Crippen LogP contribution is -2.33. The fourth-order valence-corrected chi connectivity index (χ4v) is 4.41. The van der Waals surface area contributed by atoms with Crippen molar-refractivity contribution in [1.29, 1.82) is 0 Å². The van der Waals surface area contributed by atoms with E-state index in [1.165, 1.54) is 0 Å². The zero-order valence-electron chi connectivity index (χ0n) is 17.3. The second-order valence-corrected chi connectivity index (χ2v) is 8.45. The highest BCUT2D eigenvalue weighted by Crippen LogP contribution is 2.26. The standard InChI is InChI=1S/C24H25N3O2S/c1-16(2)23(18-9-11-20(29-3)12-10-18)26-22(28)13-19-15-30-24-25-21(14-27(19)24)17-7-5-4-6-8-17/h4-12,14-16,23H,13H2,1-3H3,(H,26,28). The molecule has 0 spiro atoms. The molecule has 1 N–H and O–H groups in total. The molecule has 6 heteroatoms. The molecule has 4 aromatic rings. The maximum absolute atomic E-state index is 12.9. The van der Waals surface area contributed by atoms with Gasteiger partial charge in [0.2, 0.25) is 5.91 Å². The van der Waals surface area contributed by atoms with Crippen LogP contribution in [0.15, 0.2) is 66.2 Å². The number of nitrogens with one attached hydrogen (secondary N) is 1. The summed E-state index contributed by atoms with van der Waals surface area (Å²) in [5, 5.41) is 5.21. The highest BCUT2D eigenvalue weighted by molar-refractivity contribution is 7.15. The van der Waals surface area contributed by atoms with Gasteiger partial charge in [-0.05, 0) is 23.6 Å². The van der Waals surface area contributed by atoms with Crippen molar-refractivity contribution < 1.29 is 9.53 Å². The topological polar surface area (TPSA) is 55.6 Å². The van der Waals surface area contributed by atoms with Crippen molar-refractivity contribution in [3.63, 3.8) is 0 Å². The number of carbonyl (C=O) groups is 1. The average molecular weight is 420 g/mol. The first-order valence-corrected chi connectivity index (χ1v) is 10.9. The van der Waals surface area contributed by atoms with Crippen molar-refractivity contribution in [1.82, 2.24) is 14.7 Å². The summed E-state index contributed by atoms with van der Waals surface area (Å²) in [6, 6.07) is 17.9. The number of imidazole rings is 1. The van der Waals surface area contributed by atoms with E-state index in [0.717, 1.165) is 33.2 Å². The highest BCUT2D eigenvalue weighted by Gasteiger charge is 2.20. The number of thiazole rings is 1. The minimum Gasteiger partial charge on any atom is -0.497 e. The lowest BCUT2D eigenvalue weighted by Gasteiger charge is -2.23. The number of benzene rings is 2. The summed E-state index contributed by atoms with van der Waals surface area (Å²) in [5.41, 5.74) is 4.01. The Hall–Kier alpha value is -3.12. The summed E-state index contributed by atoms with van der Waals surface area (Å²) in [7, 11) is 1.65. The predicted molar refractivity (Wildman–Crippen MR) is 121 cm³/mol. The minimum atomic E-state index is -0.0554. The molecule has 154 valence electrons. The number of hydrogen-bond acceptors (Lipinski definition) is 4. The minimum absolute atomic E-state index is 0.000760. The van der Waals surface area contributed by atoms with Crippen LogP contribution in [0.5, 0.6) is 5.75 Å². The van der Waals surface area contributed by atoms with Gasteiger partial charge in [-0.1, -0.05) is 56.3 Å². The Labute approximate surface area is 180 Å². The van der Waals surface area contributed by atoms with Gasteiger partial charge in [-0.2, -0.15) is 0 Å². The third kappa shape index (κ3) is 4.24. The molecule has 2 heterocycles. The molecule has 1 amide bonds. The van der Waals surface area contributed by atoms with E-state index in [-0.39, 0.29) is 17.9 Å². The molecule has 0 radical (unpaired) electrons. The Morgan fingerprint density at radius 3 is 2.53 bits per heavy atom. The molecule has 0 aliphatic rings. The second-order valence-electron chi connectivity index (χ2n) is 7.61. The van der Waals surface area contributed by atoms with Gasteiger partial charge in [-0.25, -0.2) is 4.98 Å². The number of hydrogen-bond donors (Lipinski definition) is 1. The molecule has 1 unspecified atom stereocenters. The van der Waals surface area contributed by atoms with Crippen molar-refractivity contribution in [2.24, 2.45) is 5.92 Å². The summed E-state index contributed by atoms with van der Waals surface area (Å²) in [4.78, 5) is 18.5. The fourth-order valence-electron chi connectivity index (χ4n) is 3.54. The molecule has 0 saturated carbocycles. The summed E-state index contributed by atoms with van der Waals surface area (Å²) in [5.74, 6) is 1.07. The van der Waals surface area contributed by atoms with Gasteiger partial charge < -0.3 is 10.1 Å². The van der Waals surface area contributed by atoms with Crippen LogP contribution < -0.4 is 10.1 Å². The molecule has 4 rings (SSSR count). The Bertz CT molecular complexity index is 1130. The first kappa shape index (κ1) is 20.2.